The van der Waals surface area contributed by atoms with E-state index >= 15 is 0 Å². The molecule has 32 heavy (non-hydrogen) atoms. The predicted octanol–water partition coefficient (Wildman–Crippen LogP) is 6.71. The Bertz CT molecular complexity index is 1190. The molecular weight excluding hydrogens is 493 g/mol. The minimum absolute atomic E-state index is 0.231. The molecule has 7 heteroatoms. The summed E-state index contributed by atoms with van der Waals surface area (Å²) >= 11 is 4.36. The minimum atomic E-state index is -0.329. The highest BCUT2D eigenvalue weighted by Gasteiger charge is 2.35. The van der Waals surface area contributed by atoms with Crippen molar-refractivity contribution in [1.82, 2.24) is 4.90 Å². The van der Waals surface area contributed by atoms with Crippen molar-refractivity contribution in [3.05, 3.63) is 104 Å². The molecule has 0 spiro atoms. The maximum atomic E-state index is 13.1. The van der Waals surface area contributed by atoms with Crippen LogP contribution < -0.4 is 4.74 Å². The van der Waals surface area contributed by atoms with Crippen LogP contribution >= 0.6 is 27.7 Å². The number of carbonyl (C=O) groups excluding carboxylic acids is 2. The van der Waals surface area contributed by atoms with Crippen LogP contribution in [0.2, 0.25) is 0 Å². The monoisotopic (exact) mass is 511 g/mol. The Morgan fingerprint density at radius 3 is 2.41 bits per heavy atom. The summed E-state index contributed by atoms with van der Waals surface area (Å²) in [4.78, 5) is 27.0. The molecule has 0 aliphatic carbocycles. The molecule has 0 radical (unpaired) electrons. The van der Waals surface area contributed by atoms with Crippen LogP contribution in [0.5, 0.6) is 5.75 Å². The van der Waals surface area contributed by atoms with Crippen LogP contribution in [0.4, 0.5) is 9.18 Å². The molecule has 1 saturated heterocycles. The summed E-state index contributed by atoms with van der Waals surface area (Å²) in [5, 5.41) is -0.300. The van der Waals surface area contributed by atoms with Gasteiger partial charge in [-0.05, 0) is 66.2 Å². The van der Waals surface area contributed by atoms with Gasteiger partial charge >= 0.3 is 0 Å². The molecule has 0 aromatic heterocycles. The molecule has 0 unspecified atom stereocenters. The fraction of sp³-hybridized carbons (Fsp3) is 0.120. The lowest BCUT2D eigenvalue weighted by Crippen LogP contribution is -2.27. The van der Waals surface area contributed by atoms with Gasteiger partial charge in [-0.25, -0.2) is 4.39 Å². The third kappa shape index (κ3) is 5.29. The summed E-state index contributed by atoms with van der Waals surface area (Å²) in [6.45, 7) is 2.46. The van der Waals surface area contributed by atoms with Crippen molar-refractivity contribution in [1.29, 1.82) is 0 Å². The van der Waals surface area contributed by atoms with Gasteiger partial charge < -0.3 is 4.74 Å². The zero-order valence-electron chi connectivity index (χ0n) is 17.2. The molecule has 4 rings (SSSR count). The van der Waals surface area contributed by atoms with Gasteiger partial charge in [-0.3, -0.25) is 14.5 Å². The van der Waals surface area contributed by atoms with E-state index < -0.39 is 0 Å². The largest absolute Gasteiger partial charge is 0.488 e. The average molecular weight is 512 g/mol. The van der Waals surface area contributed by atoms with Gasteiger partial charge in [0.15, 0.2) is 0 Å². The Morgan fingerprint density at radius 1 is 1.00 bits per heavy atom. The molecule has 1 heterocycles. The van der Waals surface area contributed by atoms with E-state index in [-0.39, 0.29) is 30.1 Å². The number of rotatable bonds is 6. The number of amides is 2. The molecule has 3 aromatic carbocycles. The molecule has 1 aliphatic heterocycles. The Balaban J connectivity index is 1.54. The van der Waals surface area contributed by atoms with Crippen LogP contribution in [0.1, 0.15) is 22.3 Å². The van der Waals surface area contributed by atoms with Gasteiger partial charge in [0.05, 0.1) is 11.4 Å². The SMILES string of the molecule is Cc1ccc(CN2C(=O)S/C(=C\c3cc(Br)ccc3OCc3ccc(F)cc3)C2=O)cc1. The van der Waals surface area contributed by atoms with E-state index in [1.54, 1.807) is 24.3 Å². The topological polar surface area (TPSA) is 46.6 Å². The number of nitrogens with zero attached hydrogens (tertiary/aromatic N) is 1. The molecule has 2 amide bonds. The second-order valence-electron chi connectivity index (χ2n) is 7.35. The van der Waals surface area contributed by atoms with Crippen molar-refractivity contribution >= 4 is 44.9 Å². The second kappa shape index (κ2) is 9.71. The minimum Gasteiger partial charge on any atom is -0.488 e. The van der Waals surface area contributed by atoms with Gasteiger partial charge in [0.25, 0.3) is 11.1 Å². The average Bonchev–Trinajstić information content (AvgIpc) is 3.03. The number of carbonyl (C=O) groups is 2. The fourth-order valence-corrected chi connectivity index (χ4v) is 4.37. The first-order valence-corrected chi connectivity index (χ1v) is 11.5. The third-order valence-electron chi connectivity index (χ3n) is 4.90. The number of hydrogen-bond donors (Lipinski definition) is 0. The lowest BCUT2D eigenvalue weighted by molar-refractivity contribution is -0.123. The maximum Gasteiger partial charge on any atom is 0.293 e. The van der Waals surface area contributed by atoms with Crippen LogP contribution in [-0.4, -0.2) is 16.0 Å². The maximum absolute atomic E-state index is 13.1. The van der Waals surface area contributed by atoms with E-state index in [1.165, 1.54) is 17.0 Å². The molecule has 0 saturated carbocycles. The van der Waals surface area contributed by atoms with Crippen molar-refractivity contribution in [3.63, 3.8) is 0 Å². The van der Waals surface area contributed by atoms with E-state index in [2.05, 4.69) is 15.9 Å². The van der Waals surface area contributed by atoms with Gasteiger partial charge in [-0.1, -0.05) is 57.9 Å². The zero-order valence-corrected chi connectivity index (χ0v) is 19.6. The van der Waals surface area contributed by atoms with Crippen molar-refractivity contribution in [2.45, 2.75) is 20.1 Å². The molecule has 162 valence electrons. The predicted molar refractivity (Wildman–Crippen MR) is 128 cm³/mol. The van der Waals surface area contributed by atoms with E-state index in [0.29, 0.717) is 16.2 Å². The summed E-state index contributed by atoms with van der Waals surface area (Å²) in [5.41, 5.74) is 3.50. The van der Waals surface area contributed by atoms with Crippen molar-refractivity contribution in [2.24, 2.45) is 0 Å². The lowest BCUT2D eigenvalue weighted by atomic mass is 10.1. The van der Waals surface area contributed by atoms with Crippen LogP contribution in [0.15, 0.2) is 76.1 Å². The Hall–Kier alpha value is -2.90. The van der Waals surface area contributed by atoms with E-state index in [1.807, 2.05) is 43.3 Å². The van der Waals surface area contributed by atoms with Crippen molar-refractivity contribution in [3.8, 4) is 5.75 Å². The lowest BCUT2D eigenvalue weighted by Gasteiger charge is -2.13. The van der Waals surface area contributed by atoms with Crippen LogP contribution in [0.3, 0.4) is 0 Å². The third-order valence-corrected chi connectivity index (χ3v) is 6.30. The van der Waals surface area contributed by atoms with Crippen molar-refractivity contribution in [2.75, 3.05) is 0 Å². The highest BCUT2D eigenvalue weighted by atomic mass is 79.9. The Kier molecular flexibility index (Phi) is 6.77. The number of hydrogen-bond acceptors (Lipinski definition) is 4. The summed E-state index contributed by atoms with van der Waals surface area (Å²) in [6, 6.07) is 19.3. The van der Waals surface area contributed by atoms with Crippen LogP contribution in [0.25, 0.3) is 6.08 Å². The van der Waals surface area contributed by atoms with Crippen molar-refractivity contribution < 1.29 is 18.7 Å². The molecule has 1 aliphatic rings. The molecule has 4 nitrogen and oxygen atoms in total. The van der Waals surface area contributed by atoms with Gasteiger partial charge in [0.1, 0.15) is 18.2 Å². The zero-order chi connectivity index (χ0) is 22.7. The van der Waals surface area contributed by atoms with Gasteiger partial charge in [0, 0.05) is 10.0 Å². The Labute approximate surface area is 198 Å². The fourth-order valence-electron chi connectivity index (χ4n) is 3.16. The second-order valence-corrected chi connectivity index (χ2v) is 9.26. The summed E-state index contributed by atoms with van der Waals surface area (Å²) in [5.74, 6) is -0.0765. The molecule has 3 aromatic rings. The quantitative estimate of drug-likeness (QED) is 0.345. The van der Waals surface area contributed by atoms with E-state index in [9.17, 15) is 14.0 Å². The molecular formula is C25H19BrFNO3S. The highest BCUT2D eigenvalue weighted by molar-refractivity contribution is 9.10. The van der Waals surface area contributed by atoms with Gasteiger partial charge in [-0.15, -0.1) is 0 Å². The standard InChI is InChI=1S/C25H19BrFNO3S/c1-16-2-4-17(5-3-16)14-28-24(29)23(32-25(28)30)13-19-12-20(26)8-11-22(19)31-15-18-6-9-21(27)10-7-18/h2-13H,14-15H2,1H3/b23-13-. The summed E-state index contributed by atoms with van der Waals surface area (Å²) < 4.78 is 19.9. The van der Waals surface area contributed by atoms with Crippen LogP contribution in [-0.2, 0) is 17.9 Å². The van der Waals surface area contributed by atoms with E-state index in [0.717, 1.165) is 32.9 Å². The smallest absolute Gasteiger partial charge is 0.293 e. The number of benzene rings is 3. The molecule has 0 bridgehead atoms. The summed E-state index contributed by atoms with van der Waals surface area (Å²) in [6.07, 6.45) is 1.67. The highest BCUT2D eigenvalue weighted by Crippen LogP contribution is 2.36. The summed E-state index contributed by atoms with van der Waals surface area (Å²) in [7, 11) is 0. The van der Waals surface area contributed by atoms with E-state index in [4.69, 9.17) is 4.74 Å². The van der Waals surface area contributed by atoms with Crippen LogP contribution in [0, 0.1) is 12.7 Å². The number of aryl methyl sites for hydroxylation is 1. The number of ether oxygens (including phenoxy) is 1. The first-order chi connectivity index (χ1) is 15.4. The van der Waals surface area contributed by atoms with Gasteiger partial charge in [-0.2, -0.15) is 0 Å². The Morgan fingerprint density at radius 2 is 1.69 bits per heavy atom. The molecule has 0 atom stereocenters. The normalized spacial score (nSPS) is 15.0. The number of thioether (sulfide) groups is 1. The number of imide groups is 1. The molecule has 1 fully saturated rings. The first-order valence-electron chi connectivity index (χ1n) is 9.87. The number of halogens is 2. The molecule has 0 N–H and O–H groups in total. The van der Waals surface area contributed by atoms with Gasteiger partial charge in [0.2, 0.25) is 0 Å². The first kappa shape index (κ1) is 22.3.